The van der Waals surface area contributed by atoms with Gasteiger partial charge in [-0.25, -0.2) is 0 Å². The quantitative estimate of drug-likeness (QED) is 0.151. The summed E-state index contributed by atoms with van der Waals surface area (Å²) in [6.07, 6.45) is 4.36. The van der Waals surface area contributed by atoms with Gasteiger partial charge in [0, 0.05) is 21.8 Å². The van der Waals surface area contributed by atoms with Crippen LogP contribution in [0.3, 0.4) is 0 Å². The van der Waals surface area contributed by atoms with Gasteiger partial charge in [0.15, 0.2) is 16.6 Å². The third kappa shape index (κ3) is 5.22. The van der Waals surface area contributed by atoms with E-state index in [2.05, 4.69) is 192 Å². The number of nitrogens with zero attached hydrogens (tertiary/aromatic N) is 3. The van der Waals surface area contributed by atoms with E-state index in [-0.39, 0.29) is 0 Å². The fraction of sp³-hybridized carbons (Fsp3) is 0.250. The van der Waals surface area contributed by atoms with E-state index in [0.717, 1.165) is 27.9 Å². The summed E-state index contributed by atoms with van der Waals surface area (Å²) in [5.41, 5.74) is 17.6. The number of H-pyrrole nitrogens is 1. The number of rotatable bonds is 8. The van der Waals surface area contributed by atoms with E-state index in [9.17, 15) is 0 Å². The summed E-state index contributed by atoms with van der Waals surface area (Å²) in [6.45, 7) is 25.4. The van der Waals surface area contributed by atoms with Gasteiger partial charge in [0.1, 0.15) is 0 Å². The van der Waals surface area contributed by atoms with Crippen LogP contribution >= 0.6 is 0 Å². The third-order valence-corrected chi connectivity index (χ3v) is 12.1. The van der Waals surface area contributed by atoms with Crippen molar-refractivity contribution in [2.45, 2.75) is 86.0 Å². The minimum atomic E-state index is 0.358. The maximum atomic E-state index is 4.71. The van der Waals surface area contributed by atoms with Crippen LogP contribution in [0.1, 0.15) is 114 Å². The van der Waals surface area contributed by atoms with Crippen LogP contribution in [0, 0.1) is 6.72 Å². The Morgan fingerprint density at radius 1 is 0.589 bits per heavy atom. The molecule has 6 aromatic carbocycles. The number of hydrogen-bond acceptors (Lipinski definition) is 0. The summed E-state index contributed by atoms with van der Waals surface area (Å²) in [6, 6.07) is 38.9. The van der Waals surface area contributed by atoms with Crippen LogP contribution in [0.5, 0.6) is 0 Å². The predicted octanol–water partition coefficient (Wildman–Crippen LogP) is 14.2. The molecule has 4 nitrogen and oxygen atoms in total. The fourth-order valence-corrected chi connectivity index (χ4v) is 9.60. The van der Waals surface area contributed by atoms with E-state index in [1.165, 1.54) is 77.0 Å². The topological polar surface area (TPSA) is 31.0 Å². The van der Waals surface area contributed by atoms with Gasteiger partial charge in [-0.3, -0.25) is 0 Å². The van der Waals surface area contributed by atoms with Crippen molar-refractivity contribution >= 4 is 55.1 Å². The molecule has 280 valence electrons. The van der Waals surface area contributed by atoms with E-state index in [4.69, 9.17) is 6.72 Å². The van der Waals surface area contributed by atoms with Crippen LogP contribution in [0.4, 0.5) is 0 Å². The van der Waals surface area contributed by atoms with Crippen molar-refractivity contribution in [3.8, 4) is 27.9 Å². The molecule has 0 saturated carbocycles. The number of fused-ring (bicyclic) bond motifs is 3. The molecule has 0 spiro atoms. The molecule has 0 aliphatic rings. The van der Waals surface area contributed by atoms with Crippen molar-refractivity contribution in [1.29, 1.82) is 0 Å². The zero-order valence-electron chi connectivity index (χ0n) is 34.3. The number of para-hydroxylation sites is 1. The second-order valence-corrected chi connectivity index (χ2v) is 16.9. The number of aromatic nitrogens is 4. The number of benzene rings is 6. The molecule has 3 heterocycles. The molecule has 3 aromatic heterocycles. The first kappa shape index (κ1) is 35.8. The summed E-state index contributed by atoms with van der Waals surface area (Å²) in [4.78, 5) is 0. The van der Waals surface area contributed by atoms with Crippen molar-refractivity contribution in [3.63, 3.8) is 0 Å². The lowest BCUT2D eigenvalue weighted by atomic mass is 9.82. The standard InChI is InChI=1S/C52H53N4/c1-11-17-46-52-50-45(55(46)35-18-13-12-14-19-35)27-25-40-42(48-38(32(6)7)22-16-23-39(48)33(8)9)29-43-41-28-34(47-36(30(2)3)20-15-21-37(47)31(4)5)24-26-44(41)56(53-54(52)10)51(43)49(40)50/h11-33,53H,10H2,1-9H3/q+1/b17-11-. The average molecular weight is 734 g/mol. The second-order valence-electron chi connectivity index (χ2n) is 16.9. The number of aromatic amines is 1. The van der Waals surface area contributed by atoms with Gasteiger partial charge in [0.05, 0.1) is 23.3 Å². The fourth-order valence-electron chi connectivity index (χ4n) is 9.60. The Bertz CT molecular complexity index is 3000. The van der Waals surface area contributed by atoms with Gasteiger partial charge in [-0.15, -0.1) is 8.87 Å². The van der Waals surface area contributed by atoms with Gasteiger partial charge in [-0.2, -0.15) is 0 Å². The maximum absolute atomic E-state index is 4.71. The molecule has 1 N–H and O–H groups in total. The molecule has 0 radical (unpaired) electrons. The summed E-state index contributed by atoms with van der Waals surface area (Å²) in [7, 11) is 0. The Hall–Kier alpha value is -5.87. The highest BCUT2D eigenvalue weighted by Gasteiger charge is 2.30. The Balaban J connectivity index is 1.54. The molecule has 0 aliphatic carbocycles. The average Bonchev–Trinajstić information content (AvgIpc) is 3.63. The molecule has 56 heavy (non-hydrogen) atoms. The summed E-state index contributed by atoms with van der Waals surface area (Å²) < 4.78 is 6.70. The Labute approximate surface area is 330 Å². The summed E-state index contributed by atoms with van der Waals surface area (Å²) in [5, 5.41) is 10.0. The second kappa shape index (κ2) is 13.4. The Kier molecular flexibility index (Phi) is 8.57. The lowest BCUT2D eigenvalue weighted by molar-refractivity contribution is -0.546. The Morgan fingerprint density at radius 3 is 1.77 bits per heavy atom. The largest absolute Gasteiger partial charge is 0.306 e. The lowest BCUT2D eigenvalue weighted by Gasteiger charge is -2.21. The molecule has 0 fully saturated rings. The zero-order valence-corrected chi connectivity index (χ0v) is 34.3. The van der Waals surface area contributed by atoms with Crippen LogP contribution in [-0.4, -0.2) is 14.3 Å². The highest BCUT2D eigenvalue weighted by molar-refractivity contribution is 6.31. The zero-order chi connectivity index (χ0) is 39.2. The van der Waals surface area contributed by atoms with Crippen LogP contribution in [0.15, 0.2) is 109 Å². The molecular weight excluding hydrogens is 681 g/mol. The highest BCUT2D eigenvalue weighted by atomic mass is 15.4. The van der Waals surface area contributed by atoms with Crippen molar-refractivity contribution in [1.82, 2.24) is 14.3 Å². The van der Waals surface area contributed by atoms with E-state index >= 15 is 0 Å². The number of allylic oxidation sites excluding steroid dienone is 1. The summed E-state index contributed by atoms with van der Waals surface area (Å²) in [5.74, 6) is 1.52. The molecular formula is C52H53N4+. The van der Waals surface area contributed by atoms with Crippen LogP contribution < -0.4 is 4.36 Å². The smallest absolute Gasteiger partial charge is 0.186 e. The van der Waals surface area contributed by atoms with E-state index in [0.29, 0.717) is 23.7 Å². The molecule has 0 atom stereocenters. The first-order valence-corrected chi connectivity index (χ1v) is 20.5. The van der Waals surface area contributed by atoms with Gasteiger partial charge in [0.25, 0.3) is 0 Å². The van der Waals surface area contributed by atoms with E-state index < -0.39 is 0 Å². The predicted molar refractivity (Wildman–Crippen MR) is 240 cm³/mol. The number of hydrogen-bond donors (Lipinski definition) is 1. The van der Waals surface area contributed by atoms with Gasteiger partial charge in [0.2, 0.25) is 0 Å². The van der Waals surface area contributed by atoms with Gasteiger partial charge in [-0.05, 0) is 123 Å². The third-order valence-electron chi connectivity index (χ3n) is 12.1. The minimum Gasteiger partial charge on any atom is -0.306 e. The van der Waals surface area contributed by atoms with Gasteiger partial charge >= 0.3 is 0 Å². The van der Waals surface area contributed by atoms with Gasteiger partial charge in [-0.1, -0.05) is 133 Å². The molecule has 0 unspecified atom stereocenters. The molecule has 0 aliphatic heterocycles. The number of nitrogens with one attached hydrogen (secondary N) is 1. The first-order valence-electron chi connectivity index (χ1n) is 20.5. The molecule has 0 amide bonds. The normalized spacial score (nSPS) is 12.7. The van der Waals surface area contributed by atoms with Crippen LogP contribution in [0.2, 0.25) is 0 Å². The van der Waals surface area contributed by atoms with E-state index in [1.54, 1.807) is 0 Å². The monoisotopic (exact) mass is 733 g/mol. The van der Waals surface area contributed by atoms with Crippen molar-refractivity contribution in [2.24, 2.45) is 0 Å². The van der Waals surface area contributed by atoms with Gasteiger partial charge < -0.3 is 4.57 Å². The lowest BCUT2D eigenvalue weighted by Crippen LogP contribution is -2.21. The first-order chi connectivity index (χ1) is 27.0. The minimum absolute atomic E-state index is 0.358. The molecule has 9 aromatic rings. The SMILES string of the molecule is C=[n+]1[nH]n2c3ccc(-c4c(C(C)C)cccc4C(C)C)cc3c3cc(-c4c(C(C)C)cccc4C(C)C)c4ccc5c(c4c32)c1c(/C=C\C)n5-c1ccccc1. The molecule has 4 heteroatoms. The van der Waals surface area contributed by atoms with Crippen LogP contribution in [-0.2, 0) is 0 Å². The Morgan fingerprint density at radius 2 is 1.18 bits per heavy atom. The highest BCUT2D eigenvalue weighted by Crippen LogP contribution is 2.48. The van der Waals surface area contributed by atoms with Crippen molar-refractivity contribution in [2.75, 3.05) is 0 Å². The molecule has 0 bridgehead atoms. The van der Waals surface area contributed by atoms with Crippen LogP contribution in [0.25, 0.3) is 83.0 Å². The van der Waals surface area contributed by atoms with Crippen molar-refractivity contribution < 1.29 is 4.36 Å². The molecule has 0 saturated heterocycles. The summed E-state index contributed by atoms with van der Waals surface area (Å²) >= 11 is 0. The van der Waals surface area contributed by atoms with E-state index in [1.807, 2.05) is 4.36 Å². The molecule has 9 rings (SSSR count). The van der Waals surface area contributed by atoms with Crippen molar-refractivity contribution in [3.05, 3.63) is 144 Å². The maximum Gasteiger partial charge on any atom is 0.186 e.